The lowest BCUT2D eigenvalue weighted by Crippen LogP contribution is -2.60. The molecular formula is C20H21FO8. The Kier molecular flexibility index (Phi) is 6.46. The van der Waals surface area contributed by atoms with Crippen molar-refractivity contribution in [1.29, 1.82) is 0 Å². The normalized spacial score (nSPS) is 26.8. The first-order valence-electron chi connectivity index (χ1n) is 8.81. The second kappa shape index (κ2) is 8.85. The fourth-order valence-corrected chi connectivity index (χ4v) is 3.01. The van der Waals surface area contributed by atoms with Crippen molar-refractivity contribution in [2.45, 2.75) is 30.7 Å². The zero-order chi connectivity index (χ0) is 21.1. The van der Waals surface area contributed by atoms with E-state index in [1.54, 1.807) is 30.3 Å². The Hall–Kier alpha value is -2.56. The molecule has 29 heavy (non-hydrogen) atoms. The molecule has 2 aromatic carbocycles. The Balaban J connectivity index is 1.81. The first kappa shape index (κ1) is 21.2. The van der Waals surface area contributed by atoms with Gasteiger partial charge in [0.2, 0.25) is 6.29 Å². The van der Waals surface area contributed by atoms with Gasteiger partial charge in [-0.2, -0.15) is 0 Å². The van der Waals surface area contributed by atoms with Crippen molar-refractivity contribution in [3.63, 3.8) is 0 Å². The molecule has 0 aliphatic carbocycles. The summed E-state index contributed by atoms with van der Waals surface area (Å²) in [7, 11) is 1.26. The second-order valence-corrected chi connectivity index (χ2v) is 6.53. The summed E-state index contributed by atoms with van der Waals surface area (Å²) >= 11 is 0. The van der Waals surface area contributed by atoms with Crippen LogP contribution in [-0.2, 0) is 9.47 Å². The van der Waals surface area contributed by atoms with Crippen LogP contribution in [0.4, 0.5) is 4.39 Å². The Morgan fingerprint density at radius 3 is 2.45 bits per heavy atom. The van der Waals surface area contributed by atoms with Gasteiger partial charge >= 0.3 is 5.97 Å². The molecule has 1 aliphatic heterocycles. The Morgan fingerprint density at radius 1 is 1.07 bits per heavy atom. The summed E-state index contributed by atoms with van der Waals surface area (Å²) in [5, 5.41) is 38.8. The number of aliphatic hydroxyl groups excluding tert-OH is 4. The predicted octanol–water partition coefficient (Wildman–Crippen LogP) is 0.458. The van der Waals surface area contributed by atoms with Crippen molar-refractivity contribution in [2.24, 2.45) is 0 Å². The standard InChI is InChI=1S/C20H21FO8/c1-27-19(26)12-4-2-3-10(7-12)11-5-6-14(13(21)8-11)28-20-18(25)17(24)16(23)15(9-22)29-20/h2-8,15-18,20,22-25H,9H2,1H3/t15-,16-,17-,18-,20+/m1/s1. The molecule has 0 radical (unpaired) electrons. The van der Waals surface area contributed by atoms with E-state index in [2.05, 4.69) is 4.74 Å². The highest BCUT2D eigenvalue weighted by Gasteiger charge is 2.44. The van der Waals surface area contributed by atoms with Crippen molar-refractivity contribution in [2.75, 3.05) is 13.7 Å². The third kappa shape index (κ3) is 4.39. The van der Waals surface area contributed by atoms with E-state index in [9.17, 15) is 29.6 Å². The van der Waals surface area contributed by atoms with Crippen LogP contribution in [0.2, 0.25) is 0 Å². The van der Waals surface area contributed by atoms with Gasteiger partial charge in [-0.25, -0.2) is 9.18 Å². The van der Waals surface area contributed by atoms with Gasteiger partial charge in [0.1, 0.15) is 24.4 Å². The van der Waals surface area contributed by atoms with Gasteiger partial charge in [-0.3, -0.25) is 0 Å². The van der Waals surface area contributed by atoms with Crippen LogP contribution < -0.4 is 4.74 Å². The molecule has 0 unspecified atom stereocenters. The summed E-state index contributed by atoms with van der Waals surface area (Å²) in [6.45, 7) is -0.622. The van der Waals surface area contributed by atoms with E-state index in [4.69, 9.17) is 9.47 Å². The van der Waals surface area contributed by atoms with Crippen molar-refractivity contribution < 1.29 is 43.8 Å². The molecule has 2 aromatic rings. The summed E-state index contributed by atoms with van der Waals surface area (Å²) in [5.41, 5.74) is 1.35. The third-order valence-corrected chi connectivity index (χ3v) is 4.64. The molecular weight excluding hydrogens is 387 g/mol. The number of hydrogen-bond donors (Lipinski definition) is 4. The summed E-state index contributed by atoms with van der Waals surface area (Å²) < 4.78 is 29.8. The Morgan fingerprint density at radius 2 is 1.79 bits per heavy atom. The van der Waals surface area contributed by atoms with Crippen LogP contribution >= 0.6 is 0 Å². The molecule has 1 saturated heterocycles. The van der Waals surface area contributed by atoms with Gasteiger partial charge in [0, 0.05) is 0 Å². The number of hydrogen-bond acceptors (Lipinski definition) is 8. The monoisotopic (exact) mass is 408 g/mol. The van der Waals surface area contributed by atoms with Gasteiger partial charge in [-0.1, -0.05) is 18.2 Å². The van der Waals surface area contributed by atoms with Gasteiger partial charge in [0.15, 0.2) is 11.6 Å². The number of halogens is 1. The van der Waals surface area contributed by atoms with Crippen molar-refractivity contribution in [3.05, 3.63) is 53.8 Å². The molecule has 1 aliphatic rings. The first-order valence-corrected chi connectivity index (χ1v) is 8.81. The van der Waals surface area contributed by atoms with E-state index in [1.165, 1.54) is 19.2 Å². The second-order valence-electron chi connectivity index (χ2n) is 6.53. The highest BCUT2D eigenvalue weighted by atomic mass is 19.1. The molecule has 3 rings (SSSR count). The predicted molar refractivity (Wildman–Crippen MR) is 97.6 cm³/mol. The van der Waals surface area contributed by atoms with Gasteiger partial charge in [0.05, 0.1) is 19.3 Å². The molecule has 0 spiro atoms. The molecule has 0 bridgehead atoms. The van der Waals surface area contributed by atoms with E-state index < -0.39 is 49.1 Å². The Bertz CT molecular complexity index is 871. The SMILES string of the molecule is COC(=O)c1cccc(-c2ccc(O[C@H]3O[C@H](CO)[C@@H](O)[C@@H](O)[C@H]3O)c(F)c2)c1. The van der Waals surface area contributed by atoms with Crippen LogP contribution in [-0.4, -0.2) is 70.8 Å². The number of rotatable bonds is 5. The maximum atomic E-state index is 14.6. The van der Waals surface area contributed by atoms with Crippen LogP contribution in [0.5, 0.6) is 5.75 Å². The summed E-state index contributed by atoms with van der Waals surface area (Å²) in [6.07, 6.45) is -7.47. The number of carbonyl (C=O) groups excluding carboxylic acids is 1. The lowest BCUT2D eigenvalue weighted by Gasteiger charge is -2.39. The van der Waals surface area contributed by atoms with Crippen molar-refractivity contribution >= 4 is 5.97 Å². The van der Waals surface area contributed by atoms with Gasteiger partial charge in [-0.05, 0) is 35.4 Å². The number of methoxy groups -OCH3 is 1. The number of benzene rings is 2. The topological polar surface area (TPSA) is 126 Å². The van der Waals surface area contributed by atoms with E-state index in [0.29, 0.717) is 16.7 Å². The molecule has 0 saturated carbocycles. The first-order chi connectivity index (χ1) is 13.8. The van der Waals surface area contributed by atoms with Gasteiger partial charge in [0.25, 0.3) is 0 Å². The third-order valence-electron chi connectivity index (χ3n) is 4.64. The highest BCUT2D eigenvalue weighted by Crippen LogP contribution is 2.29. The molecule has 0 aromatic heterocycles. The van der Waals surface area contributed by atoms with Crippen LogP contribution in [0.15, 0.2) is 42.5 Å². The quantitative estimate of drug-likeness (QED) is 0.526. The molecule has 156 valence electrons. The minimum Gasteiger partial charge on any atom is -0.465 e. The van der Waals surface area contributed by atoms with Crippen molar-refractivity contribution in [1.82, 2.24) is 0 Å². The lowest BCUT2D eigenvalue weighted by molar-refractivity contribution is -0.277. The average molecular weight is 408 g/mol. The number of esters is 1. The molecule has 5 atom stereocenters. The summed E-state index contributed by atoms with van der Waals surface area (Å²) in [4.78, 5) is 11.7. The molecule has 4 N–H and O–H groups in total. The van der Waals surface area contributed by atoms with Gasteiger partial charge < -0.3 is 34.6 Å². The van der Waals surface area contributed by atoms with Crippen molar-refractivity contribution in [3.8, 4) is 16.9 Å². The number of carbonyl (C=O) groups is 1. The van der Waals surface area contributed by atoms with Gasteiger partial charge in [-0.15, -0.1) is 0 Å². The smallest absolute Gasteiger partial charge is 0.337 e. The fourth-order valence-electron chi connectivity index (χ4n) is 3.01. The number of aliphatic hydroxyl groups is 4. The molecule has 1 fully saturated rings. The van der Waals surface area contributed by atoms with Crippen LogP contribution in [0.25, 0.3) is 11.1 Å². The average Bonchev–Trinajstić information content (AvgIpc) is 2.74. The lowest BCUT2D eigenvalue weighted by atomic mass is 9.99. The zero-order valence-corrected chi connectivity index (χ0v) is 15.4. The Labute approximate surface area is 165 Å². The zero-order valence-electron chi connectivity index (χ0n) is 15.4. The minimum absolute atomic E-state index is 0.262. The maximum absolute atomic E-state index is 14.6. The largest absolute Gasteiger partial charge is 0.465 e. The number of ether oxygens (including phenoxy) is 3. The van der Waals surface area contributed by atoms with E-state index in [0.717, 1.165) is 0 Å². The summed E-state index contributed by atoms with van der Waals surface area (Å²) in [5.74, 6) is -1.56. The highest BCUT2D eigenvalue weighted by molar-refractivity contribution is 5.91. The van der Waals surface area contributed by atoms with E-state index >= 15 is 0 Å². The molecule has 1 heterocycles. The fraction of sp³-hybridized carbons (Fsp3) is 0.350. The molecule has 0 amide bonds. The minimum atomic E-state index is -1.65. The maximum Gasteiger partial charge on any atom is 0.337 e. The van der Waals surface area contributed by atoms with Crippen LogP contribution in [0, 0.1) is 5.82 Å². The summed E-state index contributed by atoms with van der Waals surface area (Å²) in [6, 6.07) is 10.5. The van der Waals surface area contributed by atoms with E-state index in [-0.39, 0.29) is 5.75 Å². The molecule has 8 nitrogen and oxygen atoms in total. The van der Waals surface area contributed by atoms with Crippen LogP contribution in [0.3, 0.4) is 0 Å². The van der Waals surface area contributed by atoms with Crippen LogP contribution in [0.1, 0.15) is 10.4 Å². The van der Waals surface area contributed by atoms with E-state index in [1.807, 2.05) is 0 Å². The molecule has 9 heteroatoms.